The van der Waals surface area contributed by atoms with E-state index >= 15 is 0 Å². The lowest BCUT2D eigenvalue weighted by molar-refractivity contribution is -0.129. The van der Waals surface area contributed by atoms with Crippen LogP contribution < -0.4 is 19.5 Å². The van der Waals surface area contributed by atoms with E-state index in [9.17, 15) is 9.59 Å². The van der Waals surface area contributed by atoms with Gasteiger partial charge < -0.3 is 19.5 Å². The van der Waals surface area contributed by atoms with Crippen LogP contribution in [0, 0.1) is 0 Å². The van der Waals surface area contributed by atoms with E-state index in [4.69, 9.17) is 14.2 Å². The minimum atomic E-state index is -0.496. The van der Waals surface area contributed by atoms with Gasteiger partial charge in [0.15, 0.2) is 5.17 Å². The topological polar surface area (TPSA) is 89.5 Å². The molecule has 1 atom stereocenters. The molecule has 0 aromatic heterocycles. The Kier molecular flexibility index (Phi) is 7.18. The van der Waals surface area contributed by atoms with Gasteiger partial charge in [-0.3, -0.25) is 9.59 Å². The fraction of sp³-hybridized carbons (Fsp3) is 0.286. The first-order chi connectivity index (χ1) is 14.5. The zero-order chi connectivity index (χ0) is 21.5. The van der Waals surface area contributed by atoms with E-state index < -0.39 is 5.37 Å². The van der Waals surface area contributed by atoms with E-state index in [1.165, 1.54) is 30.6 Å². The molecule has 8 nitrogen and oxygen atoms in total. The predicted octanol–water partition coefficient (Wildman–Crippen LogP) is 3.15. The highest BCUT2D eigenvalue weighted by molar-refractivity contribution is 8.14. The normalized spacial score (nSPS) is 15.4. The quantitative estimate of drug-likeness (QED) is 0.680. The Hall–Kier alpha value is -3.20. The molecule has 9 heteroatoms. The maximum atomic E-state index is 12.1. The molecule has 1 aliphatic heterocycles. The molecule has 1 N–H and O–H groups in total. The number of amides is 2. The average molecular weight is 429 g/mol. The number of rotatable bonds is 7. The third-order valence-electron chi connectivity index (χ3n) is 4.09. The van der Waals surface area contributed by atoms with Gasteiger partial charge in [0.2, 0.25) is 11.8 Å². The summed E-state index contributed by atoms with van der Waals surface area (Å²) in [6.07, 6.45) is 0. The summed E-state index contributed by atoms with van der Waals surface area (Å²) in [5, 5.41) is 8.03. The first-order valence-electron chi connectivity index (χ1n) is 9.29. The molecule has 0 fully saturated rings. The Bertz CT molecular complexity index is 935. The van der Waals surface area contributed by atoms with Crippen molar-refractivity contribution in [1.82, 2.24) is 10.3 Å². The Morgan fingerprint density at radius 2 is 1.80 bits per heavy atom. The minimum absolute atomic E-state index is 0.256. The predicted molar refractivity (Wildman–Crippen MR) is 115 cm³/mol. The number of methoxy groups -OCH3 is 1. The number of benzene rings is 2. The van der Waals surface area contributed by atoms with Gasteiger partial charge in [0.1, 0.15) is 35.8 Å². The Labute approximate surface area is 179 Å². The molecule has 0 saturated heterocycles. The van der Waals surface area contributed by atoms with Crippen molar-refractivity contribution in [2.75, 3.05) is 20.3 Å². The highest BCUT2D eigenvalue weighted by atomic mass is 32.2. The molecule has 0 radical (unpaired) electrons. The van der Waals surface area contributed by atoms with Gasteiger partial charge in [-0.05, 0) is 30.3 Å². The first-order valence-corrected chi connectivity index (χ1v) is 10.2. The lowest BCUT2D eigenvalue weighted by Crippen LogP contribution is -2.25. The molecule has 1 heterocycles. The molecular formula is C21H23N3O5S. The largest absolute Gasteiger partial charge is 0.497 e. The van der Waals surface area contributed by atoms with E-state index in [1.54, 1.807) is 25.3 Å². The van der Waals surface area contributed by atoms with E-state index in [0.29, 0.717) is 35.4 Å². The van der Waals surface area contributed by atoms with Crippen LogP contribution in [0.2, 0.25) is 0 Å². The summed E-state index contributed by atoms with van der Waals surface area (Å²) in [5.74, 6) is 1.45. The van der Waals surface area contributed by atoms with Crippen LogP contribution in [0.25, 0.3) is 0 Å². The number of carbonyl (C=O) groups is 2. The summed E-state index contributed by atoms with van der Waals surface area (Å²) in [4.78, 5) is 23.6. The van der Waals surface area contributed by atoms with E-state index in [0.717, 1.165) is 5.75 Å². The van der Waals surface area contributed by atoms with Crippen LogP contribution in [-0.2, 0) is 9.59 Å². The van der Waals surface area contributed by atoms with Crippen molar-refractivity contribution in [2.45, 2.75) is 19.2 Å². The van der Waals surface area contributed by atoms with E-state index in [2.05, 4.69) is 10.4 Å². The van der Waals surface area contributed by atoms with Crippen LogP contribution >= 0.6 is 11.8 Å². The fourth-order valence-corrected chi connectivity index (χ4v) is 3.93. The van der Waals surface area contributed by atoms with Crippen LogP contribution in [-0.4, -0.2) is 42.3 Å². The van der Waals surface area contributed by atoms with Gasteiger partial charge in [0.05, 0.1) is 7.11 Å². The van der Waals surface area contributed by atoms with E-state index in [-0.39, 0.29) is 11.8 Å². The van der Waals surface area contributed by atoms with Crippen LogP contribution in [0.5, 0.6) is 17.2 Å². The molecule has 2 aromatic carbocycles. The standard InChI is InChI=1S/C21H23N3O5S/c1-14(25)22-21-23-24(15(2)26)20(30-21)18-13-17(27-3)9-10-19(18)29-12-11-28-16-7-5-4-6-8-16/h4-10,13,20H,11-12H2,1-3H3,(H,22,23,25). The third kappa shape index (κ3) is 5.44. The van der Waals surface area contributed by atoms with E-state index in [1.807, 2.05) is 30.3 Å². The molecule has 158 valence electrons. The first kappa shape index (κ1) is 21.5. The average Bonchev–Trinajstić information content (AvgIpc) is 3.15. The second-order valence-electron chi connectivity index (χ2n) is 6.33. The van der Waals surface area contributed by atoms with Crippen molar-refractivity contribution in [1.29, 1.82) is 0 Å². The molecule has 0 aliphatic carbocycles. The number of hydrogen-bond donors (Lipinski definition) is 1. The SMILES string of the molecule is COc1ccc(OCCOc2ccccc2)c(C2SC(NC(C)=O)=NN2C(C)=O)c1. The Morgan fingerprint density at radius 3 is 2.47 bits per heavy atom. The van der Waals surface area contributed by atoms with Crippen molar-refractivity contribution >= 4 is 28.7 Å². The number of thioether (sulfide) groups is 1. The fourth-order valence-electron chi connectivity index (χ4n) is 2.77. The van der Waals surface area contributed by atoms with Crippen molar-refractivity contribution in [3.8, 4) is 17.2 Å². The highest BCUT2D eigenvalue weighted by Gasteiger charge is 2.34. The summed E-state index contributed by atoms with van der Waals surface area (Å²) in [6.45, 7) is 3.48. The summed E-state index contributed by atoms with van der Waals surface area (Å²) < 4.78 is 17.0. The molecule has 3 rings (SSSR count). The zero-order valence-corrected chi connectivity index (χ0v) is 17.8. The molecular weight excluding hydrogens is 406 g/mol. The van der Waals surface area contributed by atoms with Gasteiger partial charge in [-0.25, -0.2) is 5.01 Å². The van der Waals surface area contributed by atoms with Crippen molar-refractivity contribution < 1.29 is 23.8 Å². The van der Waals surface area contributed by atoms with Gasteiger partial charge in [-0.2, -0.15) is 0 Å². The second kappa shape index (κ2) is 10.0. The van der Waals surface area contributed by atoms with Crippen molar-refractivity contribution in [3.05, 3.63) is 54.1 Å². The molecule has 0 spiro atoms. The molecule has 1 unspecified atom stereocenters. The van der Waals surface area contributed by atoms with Crippen LogP contribution in [0.1, 0.15) is 24.8 Å². The maximum absolute atomic E-state index is 12.1. The maximum Gasteiger partial charge on any atom is 0.241 e. The Balaban J connectivity index is 1.75. The smallest absolute Gasteiger partial charge is 0.241 e. The van der Waals surface area contributed by atoms with Gasteiger partial charge in [-0.15, -0.1) is 5.10 Å². The number of hydrogen-bond acceptors (Lipinski definition) is 7. The minimum Gasteiger partial charge on any atom is -0.497 e. The van der Waals surface area contributed by atoms with Gasteiger partial charge >= 0.3 is 0 Å². The number of hydrazone groups is 1. The third-order valence-corrected chi connectivity index (χ3v) is 5.17. The summed E-state index contributed by atoms with van der Waals surface area (Å²) in [5.41, 5.74) is 0.707. The zero-order valence-electron chi connectivity index (χ0n) is 17.0. The lowest BCUT2D eigenvalue weighted by Gasteiger charge is -2.22. The molecule has 0 bridgehead atoms. The molecule has 2 amide bonds. The molecule has 30 heavy (non-hydrogen) atoms. The van der Waals surface area contributed by atoms with Crippen LogP contribution in [0.4, 0.5) is 0 Å². The van der Waals surface area contributed by atoms with Crippen molar-refractivity contribution in [3.63, 3.8) is 0 Å². The Morgan fingerprint density at radius 1 is 1.07 bits per heavy atom. The van der Waals surface area contributed by atoms with Gasteiger partial charge in [0.25, 0.3) is 0 Å². The molecule has 1 aliphatic rings. The van der Waals surface area contributed by atoms with Crippen LogP contribution in [0.15, 0.2) is 53.6 Å². The number of para-hydroxylation sites is 1. The number of nitrogens with one attached hydrogen (secondary N) is 1. The number of ether oxygens (including phenoxy) is 3. The monoisotopic (exact) mass is 429 g/mol. The number of nitrogens with zero attached hydrogens (tertiary/aromatic N) is 2. The summed E-state index contributed by atoms with van der Waals surface area (Å²) >= 11 is 1.25. The number of amidine groups is 1. The van der Waals surface area contributed by atoms with Gasteiger partial charge in [0, 0.05) is 19.4 Å². The highest BCUT2D eigenvalue weighted by Crippen LogP contribution is 2.43. The summed E-state index contributed by atoms with van der Waals surface area (Å²) in [7, 11) is 1.57. The van der Waals surface area contributed by atoms with Crippen LogP contribution in [0.3, 0.4) is 0 Å². The number of carbonyl (C=O) groups excluding carboxylic acids is 2. The lowest BCUT2D eigenvalue weighted by atomic mass is 10.1. The van der Waals surface area contributed by atoms with Crippen molar-refractivity contribution in [2.24, 2.45) is 5.10 Å². The van der Waals surface area contributed by atoms with Gasteiger partial charge in [-0.1, -0.05) is 30.0 Å². The summed E-state index contributed by atoms with van der Waals surface area (Å²) in [6, 6.07) is 14.8. The molecule has 2 aromatic rings. The second-order valence-corrected chi connectivity index (χ2v) is 7.40. The molecule has 0 saturated carbocycles.